The van der Waals surface area contributed by atoms with Crippen LogP contribution in [0.15, 0.2) is 4.42 Å². The van der Waals surface area contributed by atoms with Crippen LogP contribution < -0.4 is 0 Å². The highest BCUT2D eigenvalue weighted by Crippen LogP contribution is 2.29. The summed E-state index contributed by atoms with van der Waals surface area (Å²) in [6.07, 6.45) is 9.71. The number of nitrogens with zero attached hydrogens (tertiary/aromatic N) is 4. The lowest BCUT2D eigenvalue weighted by atomic mass is 9.86. The molecular formula is C20H34N4O3. The van der Waals surface area contributed by atoms with Gasteiger partial charge in [0.05, 0.1) is 6.54 Å². The lowest BCUT2D eigenvalue weighted by Crippen LogP contribution is -2.58. The summed E-state index contributed by atoms with van der Waals surface area (Å²) in [7, 11) is 1.88. The van der Waals surface area contributed by atoms with Crippen LogP contribution in [0.1, 0.15) is 70.1 Å². The van der Waals surface area contributed by atoms with Crippen molar-refractivity contribution in [2.45, 2.75) is 76.9 Å². The SMILES string of the molecule is CCc1nnc(CN(C)CC2(O)CCCN(CCC3CCCCC3)C2=O)o1. The van der Waals surface area contributed by atoms with Gasteiger partial charge in [0.15, 0.2) is 5.60 Å². The van der Waals surface area contributed by atoms with E-state index in [1.54, 1.807) is 0 Å². The maximum Gasteiger partial charge on any atom is 0.255 e. The van der Waals surface area contributed by atoms with Crippen molar-refractivity contribution in [1.82, 2.24) is 20.0 Å². The van der Waals surface area contributed by atoms with Crippen molar-refractivity contribution in [3.8, 4) is 0 Å². The van der Waals surface area contributed by atoms with Gasteiger partial charge in [0.1, 0.15) is 0 Å². The summed E-state index contributed by atoms with van der Waals surface area (Å²) in [5, 5.41) is 19.0. The number of aryl methyl sites for hydroxylation is 1. The van der Waals surface area contributed by atoms with Crippen LogP contribution in [0.5, 0.6) is 0 Å². The van der Waals surface area contributed by atoms with Crippen molar-refractivity contribution in [1.29, 1.82) is 0 Å². The average Bonchev–Trinajstić information content (AvgIpc) is 3.11. The molecule has 0 spiro atoms. The fraction of sp³-hybridized carbons (Fsp3) is 0.850. The minimum atomic E-state index is -1.31. The van der Waals surface area contributed by atoms with Gasteiger partial charge in [-0.1, -0.05) is 39.0 Å². The number of aliphatic hydroxyl groups is 1. The Labute approximate surface area is 162 Å². The molecular weight excluding hydrogens is 344 g/mol. The largest absolute Gasteiger partial charge is 0.424 e. The quantitative estimate of drug-likeness (QED) is 0.748. The van der Waals surface area contributed by atoms with Crippen LogP contribution in [-0.2, 0) is 17.8 Å². The summed E-state index contributed by atoms with van der Waals surface area (Å²) in [6.45, 7) is 4.23. The Morgan fingerprint density at radius 2 is 1.96 bits per heavy atom. The van der Waals surface area contributed by atoms with Crippen molar-refractivity contribution in [2.24, 2.45) is 5.92 Å². The van der Waals surface area contributed by atoms with Gasteiger partial charge in [0.2, 0.25) is 11.8 Å². The van der Waals surface area contributed by atoms with E-state index in [1.807, 2.05) is 23.8 Å². The van der Waals surface area contributed by atoms with Gasteiger partial charge in [-0.05, 0) is 32.2 Å². The first-order valence-corrected chi connectivity index (χ1v) is 10.5. The molecule has 7 nitrogen and oxygen atoms in total. The smallest absolute Gasteiger partial charge is 0.255 e. The Hall–Kier alpha value is -1.47. The van der Waals surface area contributed by atoms with Crippen molar-refractivity contribution in [3.05, 3.63) is 11.8 Å². The van der Waals surface area contributed by atoms with Crippen molar-refractivity contribution in [2.75, 3.05) is 26.7 Å². The lowest BCUT2D eigenvalue weighted by Gasteiger charge is -2.40. The number of aromatic nitrogens is 2. The van der Waals surface area contributed by atoms with Gasteiger partial charge in [-0.25, -0.2) is 0 Å². The van der Waals surface area contributed by atoms with E-state index in [-0.39, 0.29) is 12.5 Å². The molecule has 7 heteroatoms. The van der Waals surface area contributed by atoms with E-state index in [0.717, 1.165) is 31.8 Å². The number of hydrogen-bond donors (Lipinski definition) is 1. The minimum absolute atomic E-state index is 0.115. The molecule has 3 rings (SSSR count). The monoisotopic (exact) mass is 378 g/mol. The molecule has 0 aromatic carbocycles. The molecule has 1 aromatic heterocycles. The fourth-order valence-electron chi connectivity index (χ4n) is 4.47. The van der Waals surface area contributed by atoms with Gasteiger partial charge < -0.3 is 14.4 Å². The summed E-state index contributed by atoms with van der Waals surface area (Å²) < 4.78 is 5.54. The zero-order chi connectivity index (χ0) is 19.3. The molecule has 152 valence electrons. The van der Waals surface area contributed by atoms with Crippen molar-refractivity contribution < 1.29 is 14.3 Å². The van der Waals surface area contributed by atoms with Gasteiger partial charge >= 0.3 is 0 Å². The molecule has 1 unspecified atom stereocenters. The van der Waals surface area contributed by atoms with E-state index in [0.29, 0.717) is 31.2 Å². The van der Waals surface area contributed by atoms with Crippen LogP contribution in [-0.4, -0.2) is 63.3 Å². The highest BCUT2D eigenvalue weighted by molar-refractivity contribution is 5.86. The number of carbonyl (C=O) groups is 1. The van der Waals surface area contributed by atoms with E-state index in [9.17, 15) is 9.90 Å². The first-order valence-electron chi connectivity index (χ1n) is 10.5. The van der Waals surface area contributed by atoms with Gasteiger partial charge in [0.25, 0.3) is 5.91 Å². The van der Waals surface area contributed by atoms with E-state index in [1.165, 1.54) is 32.1 Å². The van der Waals surface area contributed by atoms with Gasteiger partial charge in [-0.15, -0.1) is 10.2 Å². The average molecular weight is 379 g/mol. The van der Waals surface area contributed by atoms with Crippen LogP contribution >= 0.6 is 0 Å². The van der Waals surface area contributed by atoms with E-state index in [4.69, 9.17) is 4.42 Å². The highest BCUT2D eigenvalue weighted by Gasteiger charge is 2.43. The molecule has 1 aliphatic heterocycles. The minimum Gasteiger partial charge on any atom is -0.424 e. The number of amides is 1. The summed E-state index contributed by atoms with van der Waals surface area (Å²) in [4.78, 5) is 16.7. The van der Waals surface area contributed by atoms with Crippen LogP contribution in [0.3, 0.4) is 0 Å². The molecule has 1 atom stereocenters. The molecule has 1 aromatic rings. The Bertz CT molecular complexity index is 614. The zero-order valence-corrected chi connectivity index (χ0v) is 16.8. The van der Waals surface area contributed by atoms with E-state index in [2.05, 4.69) is 10.2 Å². The van der Waals surface area contributed by atoms with Gasteiger partial charge in [0, 0.05) is 26.1 Å². The summed E-state index contributed by atoms with van der Waals surface area (Å²) in [5.41, 5.74) is -1.31. The third-order valence-electron chi connectivity index (χ3n) is 5.98. The standard InChI is InChI=1S/C20H34N4O3/c1-3-17-21-22-18(27-17)14-23(2)15-20(26)11-7-12-24(19(20)25)13-10-16-8-5-4-6-9-16/h16,26H,3-15H2,1-2H3. The Kier molecular flexibility index (Phi) is 6.87. The second-order valence-corrected chi connectivity index (χ2v) is 8.34. The fourth-order valence-corrected chi connectivity index (χ4v) is 4.47. The summed E-state index contributed by atoms with van der Waals surface area (Å²) in [6, 6.07) is 0. The van der Waals surface area contributed by atoms with Crippen LogP contribution in [0.25, 0.3) is 0 Å². The third-order valence-corrected chi connectivity index (χ3v) is 5.98. The summed E-state index contributed by atoms with van der Waals surface area (Å²) >= 11 is 0. The maximum atomic E-state index is 13.0. The topological polar surface area (TPSA) is 82.7 Å². The van der Waals surface area contributed by atoms with E-state index >= 15 is 0 Å². The zero-order valence-electron chi connectivity index (χ0n) is 16.8. The van der Waals surface area contributed by atoms with Crippen molar-refractivity contribution >= 4 is 5.91 Å². The molecule has 2 fully saturated rings. The molecule has 0 bridgehead atoms. The second kappa shape index (κ2) is 9.15. The third kappa shape index (κ3) is 5.29. The van der Waals surface area contributed by atoms with Crippen LogP contribution in [0.4, 0.5) is 0 Å². The first-order chi connectivity index (χ1) is 13.0. The molecule has 1 N–H and O–H groups in total. The number of carbonyl (C=O) groups excluding carboxylic acids is 1. The van der Waals surface area contributed by atoms with E-state index < -0.39 is 5.60 Å². The number of likely N-dealkylation sites (N-methyl/N-ethyl adjacent to an activating group) is 1. The molecule has 1 saturated heterocycles. The highest BCUT2D eigenvalue weighted by atomic mass is 16.4. The lowest BCUT2D eigenvalue weighted by molar-refractivity contribution is -0.159. The Morgan fingerprint density at radius 1 is 1.22 bits per heavy atom. The van der Waals surface area contributed by atoms with Gasteiger partial charge in [-0.2, -0.15) is 0 Å². The summed E-state index contributed by atoms with van der Waals surface area (Å²) in [5.74, 6) is 1.76. The normalized spacial score (nSPS) is 24.7. The second-order valence-electron chi connectivity index (χ2n) is 8.34. The number of likely N-dealkylation sites (tertiary alicyclic amines) is 1. The predicted octanol–water partition coefficient (Wildman–Crippen LogP) is 2.39. The number of piperidine rings is 1. The Balaban J connectivity index is 1.52. The predicted molar refractivity (Wildman–Crippen MR) is 102 cm³/mol. The molecule has 1 saturated carbocycles. The van der Waals surface area contributed by atoms with Crippen LogP contribution in [0, 0.1) is 5.92 Å². The maximum absolute atomic E-state index is 13.0. The Morgan fingerprint density at radius 3 is 2.67 bits per heavy atom. The first kappa shape index (κ1) is 20.3. The molecule has 1 aliphatic carbocycles. The molecule has 27 heavy (non-hydrogen) atoms. The van der Waals surface area contributed by atoms with Crippen molar-refractivity contribution in [3.63, 3.8) is 0 Å². The van der Waals surface area contributed by atoms with Crippen LogP contribution in [0.2, 0.25) is 0 Å². The molecule has 0 radical (unpaired) electrons. The molecule has 2 aliphatic rings. The molecule has 1 amide bonds. The molecule has 2 heterocycles. The van der Waals surface area contributed by atoms with Gasteiger partial charge in [-0.3, -0.25) is 9.69 Å². The number of hydrogen-bond acceptors (Lipinski definition) is 6. The number of rotatable bonds is 8.